The molecule has 1 atom stereocenters. The predicted octanol–water partition coefficient (Wildman–Crippen LogP) is 1.10. The fraction of sp³-hybridized carbons (Fsp3) is 0.125. The van der Waals surface area contributed by atoms with E-state index in [0.29, 0.717) is 11.4 Å². The zero-order valence-corrected chi connectivity index (χ0v) is 14.1. The first-order chi connectivity index (χ1) is 11.7. The largest absolute Gasteiger partial charge is 0.449 e. The Bertz CT molecular complexity index is 877. The van der Waals surface area contributed by atoms with E-state index in [1.807, 2.05) is 0 Å². The third kappa shape index (κ3) is 5.03. The van der Waals surface area contributed by atoms with Gasteiger partial charge in [0.2, 0.25) is 10.0 Å². The minimum atomic E-state index is -3.80. The van der Waals surface area contributed by atoms with Gasteiger partial charge < -0.3 is 15.8 Å². The smallest absolute Gasteiger partial charge is 0.338 e. The first kappa shape index (κ1) is 18.4. The van der Waals surface area contributed by atoms with Crippen LogP contribution in [0.2, 0.25) is 0 Å². The molecule has 0 spiro atoms. The van der Waals surface area contributed by atoms with E-state index < -0.39 is 28.0 Å². The lowest BCUT2D eigenvalue weighted by Gasteiger charge is -2.14. The summed E-state index contributed by atoms with van der Waals surface area (Å²) in [4.78, 5) is 23.9. The molecule has 0 heterocycles. The number of nitrogen functional groups attached to an aromatic ring is 1. The van der Waals surface area contributed by atoms with Crippen molar-refractivity contribution in [1.82, 2.24) is 0 Å². The van der Waals surface area contributed by atoms with Gasteiger partial charge in [0, 0.05) is 11.4 Å². The second-order valence-electron chi connectivity index (χ2n) is 5.23. The lowest BCUT2D eigenvalue weighted by molar-refractivity contribution is -0.123. The fourth-order valence-electron chi connectivity index (χ4n) is 1.87. The van der Waals surface area contributed by atoms with Crippen LogP contribution in [0.5, 0.6) is 0 Å². The summed E-state index contributed by atoms with van der Waals surface area (Å²) in [5, 5.41) is 7.51. The first-order valence-electron chi connectivity index (χ1n) is 7.17. The van der Waals surface area contributed by atoms with E-state index in [2.05, 4.69) is 5.32 Å². The van der Waals surface area contributed by atoms with Crippen LogP contribution in [0.1, 0.15) is 17.3 Å². The standard InChI is InChI=1S/C16H17N3O5S/c1-10(24-16(21)11-2-4-12(17)5-3-11)15(20)19-13-6-8-14(9-7-13)25(18,22)23/h2-10H,17H2,1H3,(H,19,20)(H2,18,22,23)/t10-/m1/s1. The van der Waals surface area contributed by atoms with E-state index in [1.54, 1.807) is 12.1 Å². The summed E-state index contributed by atoms with van der Waals surface area (Å²) in [6, 6.07) is 11.4. The van der Waals surface area contributed by atoms with Crippen LogP contribution in [0.15, 0.2) is 53.4 Å². The number of nitrogens with one attached hydrogen (secondary N) is 1. The van der Waals surface area contributed by atoms with Crippen LogP contribution in [0.4, 0.5) is 11.4 Å². The molecular weight excluding hydrogens is 346 g/mol. The Morgan fingerprint density at radius 3 is 2.12 bits per heavy atom. The summed E-state index contributed by atoms with van der Waals surface area (Å²) >= 11 is 0. The average Bonchev–Trinajstić information content (AvgIpc) is 2.55. The molecule has 0 aromatic heterocycles. The highest BCUT2D eigenvalue weighted by Crippen LogP contribution is 2.14. The Balaban J connectivity index is 1.98. The fourth-order valence-corrected chi connectivity index (χ4v) is 2.39. The number of rotatable bonds is 5. The van der Waals surface area contributed by atoms with Crippen molar-refractivity contribution in [3.05, 3.63) is 54.1 Å². The van der Waals surface area contributed by atoms with E-state index in [0.717, 1.165) is 0 Å². The maximum Gasteiger partial charge on any atom is 0.338 e. The van der Waals surface area contributed by atoms with Gasteiger partial charge in [-0.3, -0.25) is 4.79 Å². The van der Waals surface area contributed by atoms with E-state index in [1.165, 1.54) is 43.3 Å². The molecular formula is C16H17N3O5S. The lowest BCUT2D eigenvalue weighted by Crippen LogP contribution is -2.30. The molecule has 2 rings (SSSR count). The van der Waals surface area contributed by atoms with Gasteiger partial charge in [-0.25, -0.2) is 18.4 Å². The molecule has 0 bridgehead atoms. The van der Waals surface area contributed by atoms with Gasteiger partial charge in [-0.15, -0.1) is 0 Å². The highest BCUT2D eigenvalue weighted by Gasteiger charge is 2.19. The number of benzene rings is 2. The molecule has 0 fully saturated rings. The minimum absolute atomic E-state index is 0.0756. The van der Waals surface area contributed by atoms with E-state index >= 15 is 0 Å². The Hall–Kier alpha value is -2.91. The Labute approximate surface area is 144 Å². The SMILES string of the molecule is C[C@@H](OC(=O)c1ccc(N)cc1)C(=O)Nc1ccc(S(N)(=O)=O)cc1. The molecule has 9 heteroatoms. The predicted molar refractivity (Wildman–Crippen MR) is 92.2 cm³/mol. The van der Waals surface area contributed by atoms with Gasteiger partial charge in [0.05, 0.1) is 10.5 Å². The number of carbonyl (C=O) groups excluding carboxylic acids is 2. The van der Waals surface area contributed by atoms with Crippen molar-refractivity contribution in [2.75, 3.05) is 11.1 Å². The molecule has 2 aromatic carbocycles. The van der Waals surface area contributed by atoms with Gasteiger partial charge in [0.1, 0.15) is 0 Å². The number of nitrogens with two attached hydrogens (primary N) is 2. The number of carbonyl (C=O) groups is 2. The van der Waals surface area contributed by atoms with Gasteiger partial charge in [-0.2, -0.15) is 0 Å². The maximum atomic E-state index is 12.1. The number of sulfonamides is 1. The van der Waals surface area contributed by atoms with Gasteiger partial charge in [-0.1, -0.05) is 0 Å². The van der Waals surface area contributed by atoms with Crippen molar-refractivity contribution in [2.24, 2.45) is 5.14 Å². The van der Waals surface area contributed by atoms with Crippen LogP contribution < -0.4 is 16.2 Å². The third-order valence-electron chi connectivity index (χ3n) is 3.25. The van der Waals surface area contributed by atoms with Crippen molar-refractivity contribution < 1.29 is 22.7 Å². The molecule has 0 saturated heterocycles. The van der Waals surface area contributed by atoms with E-state index in [4.69, 9.17) is 15.6 Å². The van der Waals surface area contributed by atoms with Gasteiger partial charge in [0.15, 0.2) is 6.10 Å². The number of esters is 1. The summed E-state index contributed by atoms with van der Waals surface area (Å²) in [6.07, 6.45) is -1.05. The van der Waals surface area contributed by atoms with Crippen LogP contribution in [-0.2, 0) is 19.6 Å². The molecule has 0 aliphatic carbocycles. The minimum Gasteiger partial charge on any atom is -0.449 e. The van der Waals surface area contributed by atoms with E-state index in [9.17, 15) is 18.0 Å². The molecule has 0 aliphatic rings. The Kier molecular flexibility index (Phi) is 5.40. The lowest BCUT2D eigenvalue weighted by atomic mass is 10.2. The number of anilines is 2. The quantitative estimate of drug-likeness (QED) is 0.536. The maximum absolute atomic E-state index is 12.1. The summed E-state index contributed by atoms with van der Waals surface area (Å²) < 4.78 is 27.4. The number of amides is 1. The summed E-state index contributed by atoms with van der Waals surface area (Å²) in [6.45, 7) is 1.42. The normalized spacial score (nSPS) is 12.2. The molecule has 1 amide bonds. The van der Waals surface area contributed by atoms with Crippen molar-refractivity contribution in [1.29, 1.82) is 0 Å². The molecule has 0 saturated carbocycles. The molecule has 25 heavy (non-hydrogen) atoms. The second kappa shape index (κ2) is 7.32. The van der Waals surface area contributed by atoms with Gasteiger partial charge in [-0.05, 0) is 55.5 Å². The average molecular weight is 363 g/mol. The Morgan fingerprint density at radius 2 is 1.60 bits per heavy atom. The molecule has 2 aromatic rings. The number of hydrogen-bond donors (Lipinski definition) is 3. The van der Waals surface area contributed by atoms with Crippen LogP contribution in [0.3, 0.4) is 0 Å². The van der Waals surface area contributed by atoms with Crippen molar-refractivity contribution >= 4 is 33.3 Å². The highest BCUT2D eigenvalue weighted by atomic mass is 32.2. The highest BCUT2D eigenvalue weighted by molar-refractivity contribution is 7.89. The van der Waals surface area contributed by atoms with Crippen LogP contribution in [0.25, 0.3) is 0 Å². The molecule has 0 unspecified atom stereocenters. The monoisotopic (exact) mass is 363 g/mol. The van der Waals surface area contributed by atoms with Crippen LogP contribution in [0, 0.1) is 0 Å². The van der Waals surface area contributed by atoms with Crippen LogP contribution >= 0.6 is 0 Å². The number of ether oxygens (including phenoxy) is 1. The van der Waals surface area contributed by atoms with Gasteiger partial charge >= 0.3 is 5.97 Å². The zero-order valence-electron chi connectivity index (χ0n) is 13.3. The molecule has 8 nitrogen and oxygen atoms in total. The summed E-state index contributed by atoms with van der Waals surface area (Å²) in [5.74, 6) is -1.22. The zero-order chi connectivity index (χ0) is 18.6. The molecule has 0 radical (unpaired) electrons. The summed E-state index contributed by atoms with van der Waals surface area (Å²) in [7, 11) is -3.80. The first-order valence-corrected chi connectivity index (χ1v) is 8.71. The van der Waals surface area contributed by atoms with E-state index in [-0.39, 0.29) is 10.5 Å². The van der Waals surface area contributed by atoms with Crippen molar-refractivity contribution in [3.8, 4) is 0 Å². The topological polar surface area (TPSA) is 142 Å². The summed E-state index contributed by atoms with van der Waals surface area (Å²) in [5.41, 5.74) is 6.65. The molecule has 5 N–H and O–H groups in total. The second-order valence-corrected chi connectivity index (χ2v) is 6.79. The van der Waals surface area contributed by atoms with Crippen molar-refractivity contribution in [3.63, 3.8) is 0 Å². The van der Waals surface area contributed by atoms with Gasteiger partial charge in [0.25, 0.3) is 5.91 Å². The van der Waals surface area contributed by atoms with Crippen molar-refractivity contribution in [2.45, 2.75) is 17.9 Å². The molecule has 132 valence electrons. The number of hydrogen-bond acceptors (Lipinski definition) is 6. The molecule has 0 aliphatic heterocycles. The third-order valence-corrected chi connectivity index (χ3v) is 4.18. The number of primary sulfonamides is 1. The van der Waals surface area contributed by atoms with Crippen LogP contribution in [-0.4, -0.2) is 26.4 Å². The Morgan fingerprint density at radius 1 is 1.04 bits per heavy atom.